The lowest BCUT2D eigenvalue weighted by molar-refractivity contribution is -0.274. The van der Waals surface area contributed by atoms with Gasteiger partial charge in [0.2, 0.25) is 5.91 Å². The van der Waals surface area contributed by atoms with Crippen LogP contribution in [0.25, 0.3) is 11.1 Å². The Morgan fingerprint density at radius 3 is 2.45 bits per heavy atom. The fourth-order valence-electron chi connectivity index (χ4n) is 4.67. The van der Waals surface area contributed by atoms with Crippen molar-refractivity contribution in [1.82, 2.24) is 14.4 Å². The molecule has 2 aromatic rings. The molecule has 1 fully saturated rings. The number of likely N-dealkylation sites (tertiary alicyclic amines) is 1. The van der Waals surface area contributed by atoms with Crippen LogP contribution in [0.15, 0.2) is 41.2 Å². The van der Waals surface area contributed by atoms with Crippen LogP contribution in [-0.2, 0) is 11.3 Å². The highest BCUT2D eigenvalue weighted by molar-refractivity contribution is 5.78. The minimum absolute atomic E-state index is 0.00591. The summed E-state index contributed by atoms with van der Waals surface area (Å²) >= 11 is 0. The summed E-state index contributed by atoms with van der Waals surface area (Å²) in [6, 6.07) is 8.87. The number of pyridine rings is 1. The molecule has 2 aliphatic rings. The van der Waals surface area contributed by atoms with Crippen molar-refractivity contribution in [3.8, 4) is 16.9 Å². The van der Waals surface area contributed by atoms with Gasteiger partial charge in [-0.3, -0.25) is 9.59 Å². The number of hydrogen-bond acceptors (Lipinski definition) is 4. The smallest absolute Gasteiger partial charge is 0.406 e. The average molecular weight is 435 g/mol. The van der Waals surface area contributed by atoms with Crippen molar-refractivity contribution in [2.24, 2.45) is 5.92 Å². The Bertz CT molecular complexity index is 1030. The van der Waals surface area contributed by atoms with Crippen molar-refractivity contribution >= 4 is 5.91 Å². The zero-order chi connectivity index (χ0) is 22.3. The van der Waals surface area contributed by atoms with E-state index in [0.717, 1.165) is 17.7 Å². The van der Waals surface area contributed by atoms with E-state index in [4.69, 9.17) is 0 Å². The number of aromatic nitrogens is 1. The molecule has 0 spiro atoms. The maximum absolute atomic E-state index is 12.6. The molecule has 9 heteroatoms. The van der Waals surface area contributed by atoms with E-state index in [9.17, 15) is 22.8 Å². The number of carbonyl (C=O) groups is 1. The van der Waals surface area contributed by atoms with Gasteiger partial charge in [-0.25, -0.2) is 0 Å². The van der Waals surface area contributed by atoms with E-state index in [2.05, 4.69) is 4.74 Å². The second-order valence-electron chi connectivity index (χ2n) is 8.49. The van der Waals surface area contributed by atoms with Crippen molar-refractivity contribution in [2.75, 3.05) is 33.7 Å². The topological polar surface area (TPSA) is 54.8 Å². The summed E-state index contributed by atoms with van der Waals surface area (Å²) in [7, 11) is 3.70. The van der Waals surface area contributed by atoms with E-state index < -0.39 is 6.36 Å². The zero-order valence-electron chi connectivity index (χ0n) is 17.4. The van der Waals surface area contributed by atoms with Crippen LogP contribution in [0.4, 0.5) is 13.2 Å². The Balaban J connectivity index is 1.67. The summed E-state index contributed by atoms with van der Waals surface area (Å²) in [5.41, 5.74) is 2.24. The monoisotopic (exact) mass is 435 g/mol. The number of nitrogens with zero attached hydrogens (tertiary/aromatic N) is 3. The summed E-state index contributed by atoms with van der Waals surface area (Å²) in [4.78, 5) is 28.9. The van der Waals surface area contributed by atoms with Crippen molar-refractivity contribution < 1.29 is 22.7 Å². The maximum Gasteiger partial charge on any atom is 0.573 e. The highest BCUT2D eigenvalue weighted by atomic mass is 19.4. The molecule has 2 atom stereocenters. The van der Waals surface area contributed by atoms with E-state index in [1.807, 2.05) is 23.9 Å². The van der Waals surface area contributed by atoms with Gasteiger partial charge in [0.15, 0.2) is 0 Å². The number of carbonyl (C=O) groups excluding carboxylic acids is 1. The van der Waals surface area contributed by atoms with E-state index in [1.165, 1.54) is 18.2 Å². The SMILES string of the molecule is CN(C)CC(=O)N1C[C@@H]2C[C@H](C1)c1c(-c3ccc(OC(F)(F)F)cc3)ccc(=O)n1C2. The minimum Gasteiger partial charge on any atom is -0.406 e. The molecule has 166 valence electrons. The normalized spacial score (nSPS) is 20.5. The zero-order valence-corrected chi connectivity index (χ0v) is 17.4. The first-order chi connectivity index (χ1) is 14.6. The Morgan fingerprint density at radius 2 is 1.81 bits per heavy atom. The summed E-state index contributed by atoms with van der Waals surface area (Å²) in [6.07, 6.45) is -3.88. The Kier molecular flexibility index (Phi) is 5.55. The number of ether oxygens (including phenoxy) is 1. The molecular formula is C22H24F3N3O3. The highest BCUT2D eigenvalue weighted by Gasteiger charge is 2.38. The fourth-order valence-corrected chi connectivity index (χ4v) is 4.67. The van der Waals surface area contributed by atoms with Crippen LogP contribution in [0, 0.1) is 5.92 Å². The number of benzene rings is 1. The van der Waals surface area contributed by atoms with E-state index in [-0.39, 0.29) is 29.1 Å². The van der Waals surface area contributed by atoms with Gasteiger partial charge in [-0.15, -0.1) is 13.2 Å². The lowest BCUT2D eigenvalue weighted by Crippen LogP contribution is -2.51. The highest BCUT2D eigenvalue weighted by Crippen LogP contribution is 2.40. The second-order valence-corrected chi connectivity index (χ2v) is 8.49. The standard InChI is InChI=1S/C22H24F3N3O3/c1-26(2)13-20(30)27-10-14-9-16(12-27)21-18(7-8-19(29)28(21)11-14)15-3-5-17(6-4-15)31-22(23,24)25/h3-8,14,16H,9-13H2,1-2H3/t14-,16+/m0/s1. The van der Waals surface area contributed by atoms with Crippen LogP contribution in [0.2, 0.25) is 0 Å². The third-order valence-electron chi connectivity index (χ3n) is 5.79. The summed E-state index contributed by atoms with van der Waals surface area (Å²) < 4.78 is 43.1. The third kappa shape index (κ3) is 4.61. The van der Waals surface area contributed by atoms with Crippen molar-refractivity contribution in [3.63, 3.8) is 0 Å². The van der Waals surface area contributed by atoms with E-state index in [1.54, 1.807) is 22.8 Å². The number of piperidine rings is 1. The molecule has 0 aliphatic carbocycles. The first kappa shape index (κ1) is 21.4. The number of fused-ring (bicyclic) bond motifs is 4. The predicted octanol–water partition coefficient (Wildman–Crippen LogP) is 2.92. The molecule has 0 saturated carbocycles. The molecule has 6 nitrogen and oxygen atoms in total. The van der Waals surface area contributed by atoms with Crippen LogP contribution in [-0.4, -0.2) is 60.4 Å². The third-order valence-corrected chi connectivity index (χ3v) is 5.79. The molecule has 2 aliphatic heterocycles. The molecule has 3 heterocycles. The molecule has 2 bridgehead atoms. The van der Waals surface area contributed by atoms with Crippen LogP contribution in [0.3, 0.4) is 0 Å². The molecule has 31 heavy (non-hydrogen) atoms. The first-order valence-corrected chi connectivity index (χ1v) is 10.1. The minimum atomic E-state index is -4.75. The van der Waals surface area contributed by atoms with Gasteiger partial charge in [0.1, 0.15) is 5.75 Å². The Hall–Kier alpha value is -2.81. The van der Waals surface area contributed by atoms with E-state index >= 15 is 0 Å². The fraction of sp³-hybridized carbons (Fsp3) is 0.455. The van der Waals surface area contributed by atoms with Crippen LogP contribution in [0.5, 0.6) is 5.75 Å². The molecule has 4 rings (SSSR count). The number of halogens is 3. The van der Waals surface area contributed by atoms with Crippen LogP contribution >= 0.6 is 0 Å². The summed E-state index contributed by atoms with van der Waals surface area (Å²) in [5, 5.41) is 0. The predicted molar refractivity (Wildman–Crippen MR) is 109 cm³/mol. The Labute approximate surface area is 177 Å². The number of rotatable bonds is 4. The second kappa shape index (κ2) is 8.03. The lowest BCUT2D eigenvalue weighted by Gasteiger charge is -2.43. The average Bonchev–Trinajstić information content (AvgIpc) is 2.67. The van der Waals surface area contributed by atoms with Crippen LogP contribution in [0.1, 0.15) is 18.0 Å². The molecule has 0 radical (unpaired) electrons. The summed E-state index contributed by atoms with van der Waals surface area (Å²) in [5.74, 6) is -0.0421. The van der Waals surface area contributed by atoms with Gasteiger partial charge in [-0.05, 0) is 50.2 Å². The summed E-state index contributed by atoms with van der Waals surface area (Å²) in [6.45, 7) is 2.01. The maximum atomic E-state index is 12.6. The number of likely N-dealkylation sites (N-methyl/N-ethyl adjacent to an activating group) is 1. The van der Waals surface area contributed by atoms with E-state index in [0.29, 0.717) is 31.7 Å². The van der Waals surface area contributed by atoms with Crippen molar-refractivity contribution in [2.45, 2.75) is 25.2 Å². The number of amides is 1. The largest absolute Gasteiger partial charge is 0.573 e. The van der Waals surface area contributed by atoms with Crippen molar-refractivity contribution in [3.05, 3.63) is 52.4 Å². The van der Waals surface area contributed by atoms with Gasteiger partial charge in [0.05, 0.1) is 6.54 Å². The quantitative estimate of drug-likeness (QED) is 0.741. The van der Waals surface area contributed by atoms with Gasteiger partial charge in [-0.2, -0.15) is 0 Å². The molecular weight excluding hydrogens is 411 g/mol. The number of alkyl halides is 3. The number of hydrogen-bond donors (Lipinski definition) is 0. The van der Waals surface area contributed by atoms with Gasteiger partial charge in [-0.1, -0.05) is 12.1 Å². The Morgan fingerprint density at radius 1 is 1.10 bits per heavy atom. The van der Waals surface area contributed by atoms with Gasteiger partial charge in [0.25, 0.3) is 5.56 Å². The van der Waals surface area contributed by atoms with Gasteiger partial charge < -0.3 is 19.1 Å². The van der Waals surface area contributed by atoms with Gasteiger partial charge >= 0.3 is 6.36 Å². The molecule has 1 saturated heterocycles. The molecule has 0 N–H and O–H groups in total. The van der Waals surface area contributed by atoms with Gasteiger partial charge in [0, 0.05) is 42.9 Å². The van der Waals surface area contributed by atoms with Crippen LogP contribution < -0.4 is 10.3 Å². The molecule has 1 aromatic carbocycles. The molecule has 0 unspecified atom stereocenters. The van der Waals surface area contributed by atoms with Crippen molar-refractivity contribution in [1.29, 1.82) is 0 Å². The first-order valence-electron chi connectivity index (χ1n) is 10.1. The molecule has 1 amide bonds. The lowest BCUT2D eigenvalue weighted by atomic mass is 9.80. The molecule has 1 aromatic heterocycles.